The lowest BCUT2D eigenvalue weighted by Gasteiger charge is -2.11. The first-order chi connectivity index (χ1) is 6.52. The molecule has 0 radical (unpaired) electrons. The van der Waals surface area contributed by atoms with Crippen LogP contribution in [0, 0.1) is 0 Å². The van der Waals surface area contributed by atoms with Crippen LogP contribution < -0.4 is 5.73 Å². The average molecular weight is 200 g/mol. The van der Waals surface area contributed by atoms with Crippen LogP contribution in [0.15, 0.2) is 24.3 Å². The molecule has 0 aliphatic heterocycles. The summed E-state index contributed by atoms with van der Waals surface area (Å²) in [4.78, 5) is 0. The van der Waals surface area contributed by atoms with Crippen molar-refractivity contribution in [3.8, 4) is 0 Å². The molecule has 0 fully saturated rings. The summed E-state index contributed by atoms with van der Waals surface area (Å²) in [6.07, 6.45) is -2.39. The van der Waals surface area contributed by atoms with Crippen molar-refractivity contribution in [2.75, 3.05) is 0 Å². The number of hydrogen-bond donors (Lipinski definition) is 1. The van der Waals surface area contributed by atoms with Crippen LogP contribution in [-0.4, -0.2) is 6.43 Å². The van der Waals surface area contributed by atoms with Crippen molar-refractivity contribution in [1.29, 1.82) is 0 Å². The highest BCUT2D eigenvalue weighted by Gasteiger charge is 2.21. The number of rotatable bonds is 3. The van der Waals surface area contributed by atoms with E-state index in [-0.39, 0.29) is 0 Å². The fourth-order valence-corrected chi connectivity index (χ4v) is 1.29. The van der Waals surface area contributed by atoms with Gasteiger partial charge in [-0.25, -0.2) is 8.78 Å². The van der Waals surface area contributed by atoms with E-state index in [9.17, 15) is 8.78 Å². The molecule has 0 bridgehead atoms. The maximum atomic E-state index is 12.4. The largest absolute Gasteiger partial charge is 0.347 e. The van der Waals surface area contributed by atoms with Crippen LogP contribution >= 0.6 is 0 Å². The SMILES string of the molecule is CC(C)c1cccc([C@@H]([NH3+])C(F)F)c1. The van der Waals surface area contributed by atoms with E-state index in [2.05, 4.69) is 5.73 Å². The molecule has 0 aliphatic rings. The van der Waals surface area contributed by atoms with Gasteiger partial charge in [0.1, 0.15) is 0 Å². The monoisotopic (exact) mass is 200 g/mol. The van der Waals surface area contributed by atoms with E-state index in [1.54, 1.807) is 6.07 Å². The molecule has 1 rings (SSSR count). The highest BCUT2D eigenvalue weighted by molar-refractivity contribution is 5.27. The van der Waals surface area contributed by atoms with Crippen molar-refractivity contribution < 1.29 is 14.5 Å². The van der Waals surface area contributed by atoms with E-state index < -0.39 is 12.5 Å². The topological polar surface area (TPSA) is 27.6 Å². The van der Waals surface area contributed by atoms with Crippen molar-refractivity contribution >= 4 is 0 Å². The van der Waals surface area contributed by atoms with Gasteiger partial charge in [-0.2, -0.15) is 0 Å². The third-order valence-electron chi connectivity index (χ3n) is 2.31. The molecule has 0 saturated carbocycles. The van der Waals surface area contributed by atoms with Crippen LogP contribution in [0.4, 0.5) is 8.78 Å². The van der Waals surface area contributed by atoms with Crippen LogP contribution in [0.3, 0.4) is 0 Å². The smallest absolute Gasteiger partial charge is 0.293 e. The van der Waals surface area contributed by atoms with Gasteiger partial charge in [0.25, 0.3) is 6.43 Å². The molecule has 3 N–H and O–H groups in total. The molecule has 1 nitrogen and oxygen atoms in total. The Morgan fingerprint density at radius 1 is 1.14 bits per heavy atom. The molecule has 1 atom stereocenters. The molecular formula is C11H16F2N+. The molecule has 1 aromatic rings. The summed E-state index contributed by atoms with van der Waals surface area (Å²) in [5, 5.41) is 0. The lowest BCUT2D eigenvalue weighted by molar-refractivity contribution is -0.449. The molecule has 0 heterocycles. The Balaban J connectivity index is 2.93. The van der Waals surface area contributed by atoms with Gasteiger partial charge in [-0.15, -0.1) is 0 Å². The Morgan fingerprint density at radius 2 is 1.71 bits per heavy atom. The number of hydrogen-bond acceptors (Lipinski definition) is 0. The van der Waals surface area contributed by atoms with Gasteiger partial charge in [-0.3, -0.25) is 0 Å². The third kappa shape index (κ3) is 2.51. The van der Waals surface area contributed by atoms with E-state index in [1.165, 1.54) is 0 Å². The first-order valence-electron chi connectivity index (χ1n) is 4.73. The molecular weight excluding hydrogens is 184 g/mol. The van der Waals surface area contributed by atoms with Gasteiger partial charge in [0, 0.05) is 5.56 Å². The van der Waals surface area contributed by atoms with Crippen molar-refractivity contribution in [1.82, 2.24) is 0 Å². The van der Waals surface area contributed by atoms with Crippen LogP contribution in [0.25, 0.3) is 0 Å². The van der Waals surface area contributed by atoms with Gasteiger partial charge in [0.2, 0.25) is 0 Å². The lowest BCUT2D eigenvalue weighted by Crippen LogP contribution is -2.56. The number of halogens is 2. The van der Waals surface area contributed by atoms with E-state index in [4.69, 9.17) is 0 Å². The van der Waals surface area contributed by atoms with E-state index in [0.29, 0.717) is 11.5 Å². The summed E-state index contributed by atoms with van der Waals surface area (Å²) in [7, 11) is 0. The summed E-state index contributed by atoms with van der Waals surface area (Å²) >= 11 is 0. The van der Waals surface area contributed by atoms with Gasteiger partial charge >= 0.3 is 0 Å². The molecule has 3 heteroatoms. The first kappa shape index (κ1) is 11.1. The highest BCUT2D eigenvalue weighted by Crippen LogP contribution is 2.21. The minimum atomic E-state index is -2.39. The van der Waals surface area contributed by atoms with Gasteiger partial charge in [0.15, 0.2) is 6.04 Å². The van der Waals surface area contributed by atoms with Crippen molar-refractivity contribution in [2.24, 2.45) is 0 Å². The molecule has 0 saturated heterocycles. The lowest BCUT2D eigenvalue weighted by atomic mass is 9.98. The molecule has 1 aromatic carbocycles. The molecule has 0 aliphatic carbocycles. The second-order valence-electron chi connectivity index (χ2n) is 3.77. The Labute approximate surface area is 82.9 Å². The van der Waals surface area contributed by atoms with E-state index in [0.717, 1.165) is 5.56 Å². The summed E-state index contributed by atoms with van der Waals surface area (Å²) < 4.78 is 24.8. The highest BCUT2D eigenvalue weighted by atomic mass is 19.3. The predicted molar refractivity (Wildman–Crippen MR) is 52.2 cm³/mol. The summed E-state index contributed by atoms with van der Waals surface area (Å²) in [5.41, 5.74) is 5.16. The quantitative estimate of drug-likeness (QED) is 0.775. The van der Waals surface area contributed by atoms with Crippen LogP contribution in [-0.2, 0) is 0 Å². The second kappa shape index (κ2) is 4.51. The Kier molecular flexibility index (Phi) is 3.58. The molecule has 0 unspecified atom stereocenters. The fourth-order valence-electron chi connectivity index (χ4n) is 1.29. The van der Waals surface area contributed by atoms with Gasteiger partial charge in [0.05, 0.1) is 0 Å². The fraction of sp³-hybridized carbons (Fsp3) is 0.455. The summed E-state index contributed by atoms with van der Waals surface area (Å²) in [6.45, 7) is 4.08. The molecule has 0 amide bonds. The number of alkyl halides is 2. The van der Waals surface area contributed by atoms with Crippen LogP contribution in [0.1, 0.15) is 36.9 Å². The predicted octanol–water partition coefficient (Wildman–Crippen LogP) is 2.36. The zero-order valence-corrected chi connectivity index (χ0v) is 8.50. The Morgan fingerprint density at radius 3 is 2.21 bits per heavy atom. The normalized spacial score (nSPS) is 13.6. The minimum Gasteiger partial charge on any atom is -0.347 e. The van der Waals surface area contributed by atoms with Crippen LogP contribution in [0.5, 0.6) is 0 Å². The van der Waals surface area contributed by atoms with Gasteiger partial charge in [-0.1, -0.05) is 32.0 Å². The summed E-state index contributed by atoms with van der Waals surface area (Å²) in [6, 6.07) is 6.36. The maximum Gasteiger partial charge on any atom is 0.293 e. The molecule has 0 spiro atoms. The Bertz CT molecular complexity index is 297. The van der Waals surface area contributed by atoms with Crippen molar-refractivity contribution in [3.63, 3.8) is 0 Å². The maximum absolute atomic E-state index is 12.4. The zero-order chi connectivity index (χ0) is 10.7. The van der Waals surface area contributed by atoms with E-state index >= 15 is 0 Å². The standard InChI is InChI=1S/C11H15F2N/c1-7(2)8-4-3-5-9(6-8)10(14)11(12)13/h3-7,10-11H,14H2,1-2H3/p+1/t10-/m1/s1. The number of quaternary nitrogens is 1. The third-order valence-corrected chi connectivity index (χ3v) is 2.31. The molecule has 0 aromatic heterocycles. The summed E-state index contributed by atoms with van der Waals surface area (Å²) in [5.74, 6) is 0.361. The van der Waals surface area contributed by atoms with Crippen molar-refractivity contribution in [3.05, 3.63) is 35.4 Å². The van der Waals surface area contributed by atoms with Gasteiger partial charge < -0.3 is 5.73 Å². The first-order valence-corrected chi connectivity index (χ1v) is 4.73. The van der Waals surface area contributed by atoms with E-state index in [1.807, 2.05) is 32.0 Å². The molecule has 14 heavy (non-hydrogen) atoms. The minimum absolute atomic E-state index is 0.361. The zero-order valence-electron chi connectivity index (χ0n) is 8.50. The van der Waals surface area contributed by atoms with Crippen LogP contribution in [0.2, 0.25) is 0 Å². The number of benzene rings is 1. The van der Waals surface area contributed by atoms with Crippen molar-refractivity contribution in [2.45, 2.75) is 32.2 Å². The average Bonchev–Trinajstić information content (AvgIpc) is 2.16. The Hall–Kier alpha value is -0.960. The second-order valence-corrected chi connectivity index (χ2v) is 3.77. The van der Waals surface area contributed by atoms with Gasteiger partial charge in [-0.05, 0) is 17.5 Å². The molecule has 78 valence electrons.